The van der Waals surface area contributed by atoms with Crippen LogP contribution in [0.25, 0.3) is 0 Å². The fourth-order valence-electron chi connectivity index (χ4n) is 1.53. The van der Waals surface area contributed by atoms with E-state index in [0.717, 1.165) is 0 Å². The van der Waals surface area contributed by atoms with E-state index in [9.17, 15) is 9.18 Å². The maximum Gasteiger partial charge on any atom is 0.262 e. The van der Waals surface area contributed by atoms with Crippen LogP contribution < -0.4 is 15.8 Å². The van der Waals surface area contributed by atoms with Crippen LogP contribution in [0.3, 0.4) is 0 Å². The van der Waals surface area contributed by atoms with Crippen molar-refractivity contribution in [3.63, 3.8) is 0 Å². The van der Waals surface area contributed by atoms with Crippen LogP contribution in [-0.2, 0) is 4.79 Å². The van der Waals surface area contributed by atoms with Gasteiger partial charge in [-0.1, -0.05) is 28.1 Å². The number of nitrogens with one attached hydrogen (secondary N) is 1. The van der Waals surface area contributed by atoms with E-state index in [4.69, 9.17) is 10.5 Å². The topological polar surface area (TPSA) is 64.3 Å². The normalized spacial score (nSPS) is 10.1. The zero-order valence-electron chi connectivity index (χ0n) is 10.4. The molecular weight excluding hydrogens is 327 g/mol. The lowest BCUT2D eigenvalue weighted by Crippen LogP contribution is -2.21. The van der Waals surface area contributed by atoms with Gasteiger partial charge in [0.1, 0.15) is 11.6 Å². The van der Waals surface area contributed by atoms with Crippen LogP contribution in [-0.4, -0.2) is 12.5 Å². The number of halogens is 2. The second-order valence-corrected chi connectivity index (χ2v) is 4.91. The molecule has 0 saturated heterocycles. The van der Waals surface area contributed by atoms with E-state index in [0.29, 0.717) is 15.9 Å². The van der Waals surface area contributed by atoms with Gasteiger partial charge in [0.05, 0.1) is 11.4 Å². The minimum absolute atomic E-state index is 0.0917. The fraction of sp³-hybridized carbons (Fsp3) is 0.0714. The minimum Gasteiger partial charge on any atom is -0.482 e. The number of anilines is 2. The van der Waals surface area contributed by atoms with Gasteiger partial charge in [-0.15, -0.1) is 0 Å². The van der Waals surface area contributed by atoms with Crippen LogP contribution in [0.2, 0.25) is 0 Å². The first kappa shape index (κ1) is 14.3. The molecule has 0 spiro atoms. The van der Waals surface area contributed by atoms with Crippen molar-refractivity contribution in [2.45, 2.75) is 0 Å². The number of ether oxygens (including phenoxy) is 1. The summed E-state index contributed by atoms with van der Waals surface area (Å²) in [5, 5.41) is 2.43. The third-order valence-corrected chi connectivity index (χ3v) is 2.97. The molecule has 20 heavy (non-hydrogen) atoms. The average molecular weight is 339 g/mol. The first-order valence-corrected chi connectivity index (χ1v) is 6.58. The van der Waals surface area contributed by atoms with Gasteiger partial charge in [-0.2, -0.15) is 0 Å². The number of hydrogen-bond acceptors (Lipinski definition) is 3. The molecule has 4 nitrogen and oxygen atoms in total. The first-order valence-electron chi connectivity index (χ1n) is 5.78. The summed E-state index contributed by atoms with van der Waals surface area (Å²) in [6.07, 6.45) is 0. The number of para-hydroxylation sites is 2. The zero-order chi connectivity index (χ0) is 14.5. The van der Waals surface area contributed by atoms with Gasteiger partial charge in [-0.3, -0.25) is 4.79 Å². The van der Waals surface area contributed by atoms with Crippen LogP contribution in [0.1, 0.15) is 0 Å². The maximum absolute atomic E-state index is 13.5. The van der Waals surface area contributed by atoms with E-state index in [1.54, 1.807) is 30.3 Å². The molecule has 3 N–H and O–H groups in total. The number of carbonyl (C=O) groups excluding carboxylic acids is 1. The summed E-state index contributed by atoms with van der Waals surface area (Å²) in [6.45, 7) is -0.250. The molecule has 2 rings (SSSR count). The molecule has 0 aliphatic rings. The van der Waals surface area contributed by atoms with Gasteiger partial charge < -0.3 is 15.8 Å². The van der Waals surface area contributed by atoms with Crippen LogP contribution in [0.5, 0.6) is 5.75 Å². The van der Waals surface area contributed by atoms with E-state index in [2.05, 4.69) is 21.2 Å². The molecule has 0 unspecified atom stereocenters. The third-order valence-electron chi connectivity index (χ3n) is 2.48. The Balaban J connectivity index is 1.96. The lowest BCUT2D eigenvalue weighted by atomic mass is 10.3. The van der Waals surface area contributed by atoms with Gasteiger partial charge in [0, 0.05) is 4.47 Å². The van der Waals surface area contributed by atoms with E-state index in [1.807, 2.05) is 0 Å². The highest BCUT2D eigenvalue weighted by atomic mass is 79.9. The molecule has 0 radical (unpaired) electrons. The molecule has 104 valence electrons. The molecule has 6 heteroatoms. The first-order chi connectivity index (χ1) is 9.56. The maximum atomic E-state index is 13.5. The zero-order valence-corrected chi connectivity index (χ0v) is 12.0. The van der Waals surface area contributed by atoms with Crippen molar-refractivity contribution in [2.75, 3.05) is 17.7 Å². The Morgan fingerprint density at radius 2 is 2.05 bits per heavy atom. The highest BCUT2D eigenvalue weighted by molar-refractivity contribution is 9.10. The number of nitrogen functional groups attached to an aromatic ring is 1. The third kappa shape index (κ3) is 3.71. The molecule has 2 aromatic carbocycles. The lowest BCUT2D eigenvalue weighted by molar-refractivity contribution is -0.118. The lowest BCUT2D eigenvalue weighted by Gasteiger charge is -2.09. The summed E-state index contributed by atoms with van der Waals surface area (Å²) in [6, 6.07) is 11.1. The minimum atomic E-state index is -0.513. The molecule has 0 atom stereocenters. The highest BCUT2D eigenvalue weighted by Crippen LogP contribution is 2.21. The largest absolute Gasteiger partial charge is 0.482 e. The Kier molecular flexibility index (Phi) is 4.57. The summed E-state index contributed by atoms with van der Waals surface area (Å²) >= 11 is 3.21. The van der Waals surface area contributed by atoms with E-state index in [-0.39, 0.29) is 12.3 Å². The summed E-state index contributed by atoms with van der Waals surface area (Å²) in [7, 11) is 0. The van der Waals surface area contributed by atoms with Gasteiger partial charge in [0.25, 0.3) is 5.91 Å². The van der Waals surface area contributed by atoms with Crippen molar-refractivity contribution < 1.29 is 13.9 Å². The van der Waals surface area contributed by atoms with Crippen molar-refractivity contribution >= 4 is 33.2 Å². The number of amides is 1. The second-order valence-electron chi connectivity index (χ2n) is 4.00. The Morgan fingerprint density at radius 1 is 1.30 bits per heavy atom. The Bertz CT molecular complexity index is 634. The Hall–Kier alpha value is -2.08. The number of benzene rings is 2. The second kappa shape index (κ2) is 6.38. The van der Waals surface area contributed by atoms with Gasteiger partial charge in [0.15, 0.2) is 6.61 Å². The van der Waals surface area contributed by atoms with E-state index in [1.165, 1.54) is 12.1 Å². The van der Waals surface area contributed by atoms with Gasteiger partial charge in [-0.25, -0.2) is 4.39 Å². The van der Waals surface area contributed by atoms with Crippen LogP contribution in [0.15, 0.2) is 46.9 Å². The number of rotatable bonds is 4. The molecule has 1 amide bonds. The Morgan fingerprint density at radius 3 is 2.80 bits per heavy atom. The number of hydrogen-bond donors (Lipinski definition) is 2. The SMILES string of the molecule is Nc1ccccc1OCC(=O)Nc1cc(Br)ccc1F. The van der Waals surface area contributed by atoms with Crippen LogP contribution in [0.4, 0.5) is 15.8 Å². The molecule has 0 aromatic heterocycles. The van der Waals surface area contributed by atoms with Gasteiger partial charge in [0.2, 0.25) is 0 Å². The monoisotopic (exact) mass is 338 g/mol. The molecule has 0 bridgehead atoms. The molecule has 2 aromatic rings. The van der Waals surface area contributed by atoms with Crippen molar-refractivity contribution in [1.82, 2.24) is 0 Å². The van der Waals surface area contributed by atoms with Crippen LogP contribution >= 0.6 is 15.9 Å². The highest BCUT2D eigenvalue weighted by Gasteiger charge is 2.09. The van der Waals surface area contributed by atoms with Gasteiger partial charge >= 0.3 is 0 Å². The van der Waals surface area contributed by atoms with E-state index >= 15 is 0 Å². The summed E-state index contributed by atoms with van der Waals surface area (Å²) in [4.78, 5) is 11.7. The van der Waals surface area contributed by atoms with Crippen molar-refractivity contribution in [1.29, 1.82) is 0 Å². The molecule has 0 aliphatic carbocycles. The quantitative estimate of drug-likeness (QED) is 0.841. The fourth-order valence-corrected chi connectivity index (χ4v) is 1.90. The van der Waals surface area contributed by atoms with Crippen molar-refractivity contribution in [2.24, 2.45) is 0 Å². The predicted octanol–water partition coefficient (Wildman–Crippen LogP) is 3.19. The van der Waals surface area contributed by atoms with Crippen LogP contribution in [0, 0.1) is 5.82 Å². The predicted molar refractivity (Wildman–Crippen MR) is 79.1 cm³/mol. The van der Waals surface area contributed by atoms with E-state index < -0.39 is 11.7 Å². The summed E-state index contributed by atoms with van der Waals surface area (Å²) in [5.74, 6) is -0.566. The number of nitrogens with two attached hydrogens (primary N) is 1. The number of carbonyl (C=O) groups is 1. The standard InChI is InChI=1S/C14H12BrFN2O2/c15-9-5-6-10(16)12(7-9)18-14(19)8-20-13-4-2-1-3-11(13)17/h1-7H,8,17H2,(H,18,19). The molecule has 0 heterocycles. The van der Waals surface area contributed by atoms with Crippen molar-refractivity contribution in [3.8, 4) is 5.75 Å². The summed E-state index contributed by atoms with van der Waals surface area (Å²) in [5.41, 5.74) is 6.21. The summed E-state index contributed by atoms with van der Waals surface area (Å²) < 4.78 is 19.4. The Labute approximate surface area is 123 Å². The smallest absolute Gasteiger partial charge is 0.262 e. The van der Waals surface area contributed by atoms with Crippen molar-refractivity contribution in [3.05, 3.63) is 52.8 Å². The molecule has 0 saturated carbocycles. The average Bonchev–Trinajstić information content (AvgIpc) is 2.42. The molecule has 0 fully saturated rings. The van der Waals surface area contributed by atoms with Gasteiger partial charge in [-0.05, 0) is 30.3 Å². The molecule has 0 aliphatic heterocycles. The molecular formula is C14H12BrFN2O2.